The summed E-state index contributed by atoms with van der Waals surface area (Å²) in [5.41, 5.74) is -0.0592. The zero-order valence-electron chi connectivity index (χ0n) is 21.2. The number of ketones is 1. The molecular weight excluding hydrogens is 522 g/mol. The lowest BCUT2D eigenvalue weighted by atomic mass is 9.76. The van der Waals surface area contributed by atoms with E-state index in [1.165, 1.54) is 18.8 Å². The van der Waals surface area contributed by atoms with Crippen molar-refractivity contribution >= 4 is 41.1 Å². The van der Waals surface area contributed by atoms with Gasteiger partial charge in [0.25, 0.3) is 0 Å². The normalized spacial score (nSPS) is 22.1. The van der Waals surface area contributed by atoms with Crippen molar-refractivity contribution in [3.63, 3.8) is 0 Å². The van der Waals surface area contributed by atoms with Gasteiger partial charge < -0.3 is 18.9 Å². The van der Waals surface area contributed by atoms with Crippen LogP contribution in [0.1, 0.15) is 54.7 Å². The fourth-order valence-electron chi connectivity index (χ4n) is 5.20. The highest BCUT2D eigenvalue weighted by Gasteiger charge is 2.52. The Bertz CT molecular complexity index is 1180. The van der Waals surface area contributed by atoms with E-state index < -0.39 is 22.8 Å². The number of thioether (sulfide) groups is 1. The molecule has 1 saturated heterocycles. The summed E-state index contributed by atoms with van der Waals surface area (Å²) in [5, 5.41) is 7.39. The third-order valence-corrected chi connectivity index (χ3v) is 8.73. The Morgan fingerprint density at radius 2 is 1.86 bits per heavy atom. The Labute approximate surface area is 224 Å². The summed E-state index contributed by atoms with van der Waals surface area (Å²) >= 11 is 7.29. The molecular formula is C25H30ClN3O7S. The minimum atomic E-state index is -1.09. The molecule has 2 atom stereocenters. The molecule has 1 aliphatic carbocycles. The van der Waals surface area contributed by atoms with Crippen LogP contribution >= 0.6 is 23.4 Å². The number of benzene rings is 1. The lowest BCUT2D eigenvalue weighted by Gasteiger charge is -2.42. The Hall–Kier alpha value is -2.79. The number of ether oxygens (including phenoxy) is 4. The van der Waals surface area contributed by atoms with Gasteiger partial charge in [0.15, 0.2) is 16.2 Å². The average Bonchev–Trinajstić information content (AvgIpc) is 3.55. The maximum atomic E-state index is 13.4. The standard InChI is InChI=1S/C25H30ClN3O7S/c1-29-21(23(32)35-4)27-28-24(29)37-20-17(30)13-25(36-22(20)31,15-7-5-6-8-15)10-9-14-11-16(26)19(34-3)12-18(14)33-2/h11-12,15,20H,5-10,13H2,1-4H3. The van der Waals surface area contributed by atoms with Crippen molar-refractivity contribution in [1.29, 1.82) is 0 Å². The molecule has 1 aliphatic heterocycles. The first-order chi connectivity index (χ1) is 17.7. The second kappa shape index (κ2) is 11.3. The SMILES string of the molecule is COC(=O)c1nnc(SC2C(=O)CC(CCc3cc(Cl)c(OC)cc3OC)(C3CCCC3)OC2=O)n1C. The van der Waals surface area contributed by atoms with E-state index in [-0.39, 0.29) is 29.1 Å². The first-order valence-electron chi connectivity index (χ1n) is 12.0. The van der Waals surface area contributed by atoms with E-state index in [4.69, 9.17) is 30.5 Å². The molecule has 2 fully saturated rings. The maximum absolute atomic E-state index is 13.4. The Balaban J connectivity index is 1.56. The highest BCUT2D eigenvalue weighted by molar-refractivity contribution is 8.01. The van der Waals surface area contributed by atoms with Crippen LogP contribution in [0.4, 0.5) is 0 Å². The van der Waals surface area contributed by atoms with Crippen LogP contribution in [0.5, 0.6) is 11.5 Å². The quantitative estimate of drug-likeness (QED) is 0.336. The van der Waals surface area contributed by atoms with E-state index in [9.17, 15) is 14.4 Å². The van der Waals surface area contributed by atoms with Crippen LogP contribution in [0.15, 0.2) is 17.3 Å². The van der Waals surface area contributed by atoms with Crippen molar-refractivity contribution in [2.45, 2.75) is 61.0 Å². The number of aromatic nitrogens is 3. The first kappa shape index (κ1) is 27.3. The largest absolute Gasteiger partial charge is 0.496 e. The number of Topliss-reactive ketones (excluding diaryl/α,β-unsaturated/α-hetero) is 1. The lowest BCUT2D eigenvalue weighted by Crippen LogP contribution is -2.53. The number of methoxy groups -OCH3 is 3. The topological polar surface area (TPSA) is 119 Å². The molecule has 10 nitrogen and oxygen atoms in total. The average molecular weight is 552 g/mol. The Kier molecular flexibility index (Phi) is 8.33. The van der Waals surface area contributed by atoms with Crippen molar-refractivity contribution in [1.82, 2.24) is 14.8 Å². The molecule has 4 rings (SSSR count). The third-order valence-electron chi connectivity index (χ3n) is 7.18. The van der Waals surface area contributed by atoms with E-state index in [0.717, 1.165) is 43.0 Å². The molecule has 1 aromatic heterocycles. The number of carbonyl (C=O) groups excluding carboxylic acids is 3. The van der Waals surface area contributed by atoms with Gasteiger partial charge in [-0.05, 0) is 43.2 Å². The fourth-order valence-corrected chi connectivity index (χ4v) is 6.37. The minimum absolute atomic E-state index is 0.0194. The van der Waals surface area contributed by atoms with Crippen LogP contribution in [0, 0.1) is 5.92 Å². The fraction of sp³-hybridized carbons (Fsp3) is 0.560. The smallest absolute Gasteiger partial charge is 0.376 e. The zero-order valence-corrected chi connectivity index (χ0v) is 22.8. The van der Waals surface area contributed by atoms with Gasteiger partial charge in [-0.15, -0.1) is 10.2 Å². The number of hydrogen-bond acceptors (Lipinski definition) is 10. The summed E-state index contributed by atoms with van der Waals surface area (Å²) in [4.78, 5) is 38.6. The van der Waals surface area contributed by atoms with Gasteiger partial charge in [0.2, 0.25) is 5.82 Å². The molecule has 0 radical (unpaired) electrons. The summed E-state index contributed by atoms with van der Waals surface area (Å²) in [5.74, 6) is -0.292. The minimum Gasteiger partial charge on any atom is -0.496 e. The van der Waals surface area contributed by atoms with Crippen molar-refractivity contribution in [2.75, 3.05) is 21.3 Å². The van der Waals surface area contributed by atoms with Gasteiger partial charge in [-0.3, -0.25) is 14.2 Å². The van der Waals surface area contributed by atoms with Gasteiger partial charge in [-0.1, -0.05) is 36.2 Å². The van der Waals surface area contributed by atoms with E-state index >= 15 is 0 Å². The molecule has 12 heteroatoms. The summed E-state index contributed by atoms with van der Waals surface area (Å²) in [6.45, 7) is 0. The van der Waals surface area contributed by atoms with Gasteiger partial charge in [0.05, 0.1) is 26.4 Å². The number of esters is 2. The van der Waals surface area contributed by atoms with Gasteiger partial charge >= 0.3 is 11.9 Å². The number of cyclic esters (lactones) is 1. The molecule has 0 spiro atoms. The van der Waals surface area contributed by atoms with Gasteiger partial charge in [0.1, 0.15) is 17.1 Å². The highest BCUT2D eigenvalue weighted by Crippen LogP contribution is 2.46. The number of rotatable bonds is 9. The molecule has 2 aromatic rings. The summed E-state index contributed by atoms with van der Waals surface area (Å²) in [6, 6.07) is 3.52. The third kappa shape index (κ3) is 5.43. The molecule has 2 unspecified atom stereocenters. The second-order valence-electron chi connectivity index (χ2n) is 9.26. The molecule has 2 heterocycles. The molecule has 0 amide bonds. The second-order valence-corrected chi connectivity index (χ2v) is 10.7. The number of nitrogens with zero attached hydrogens (tertiary/aromatic N) is 3. The van der Waals surface area contributed by atoms with Crippen molar-refractivity contribution in [3.05, 3.63) is 28.5 Å². The van der Waals surface area contributed by atoms with Gasteiger partial charge in [-0.2, -0.15) is 0 Å². The van der Waals surface area contributed by atoms with Crippen LogP contribution in [-0.2, 0) is 32.5 Å². The van der Waals surface area contributed by atoms with Crippen LogP contribution in [-0.4, -0.2) is 64.7 Å². The predicted octanol–water partition coefficient (Wildman–Crippen LogP) is 3.81. The van der Waals surface area contributed by atoms with Gasteiger partial charge in [-0.25, -0.2) is 4.79 Å². The molecule has 200 valence electrons. The molecule has 1 saturated carbocycles. The van der Waals surface area contributed by atoms with Crippen LogP contribution in [0.25, 0.3) is 0 Å². The van der Waals surface area contributed by atoms with Crippen LogP contribution in [0.3, 0.4) is 0 Å². The predicted molar refractivity (Wildman–Crippen MR) is 135 cm³/mol. The van der Waals surface area contributed by atoms with E-state index in [0.29, 0.717) is 29.4 Å². The van der Waals surface area contributed by atoms with Crippen LogP contribution < -0.4 is 9.47 Å². The summed E-state index contributed by atoms with van der Waals surface area (Å²) in [7, 11) is 5.92. The van der Waals surface area contributed by atoms with Crippen molar-refractivity contribution in [2.24, 2.45) is 13.0 Å². The number of aryl methyl sites for hydroxylation is 1. The number of hydrogen-bond donors (Lipinski definition) is 0. The molecule has 1 aromatic carbocycles. The molecule has 0 N–H and O–H groups in total. The maximum Gasteiger partial charge on any atom is 0.376 e. The number of halogens is 1. The molecule has 2 aliphatic rings. The Morgan fingerprint density at radius 1 is 1.16 bits per heavy atom. The molecule has 0 bridgehead atoms. The zero-order chi connectivity index (χ0) is 26.7. The first-order valence-corrected chi connectivity index (χ1v) is 13.3. The number of carbonyl (C=O) groups is 3. The van der Waals surface area contributed by atoms with Gasteiger partial charge in [0, 0.05) is 19.5 Å². The van der Waals surface area contributed by atoms with Crippen molar-refractivity contribution in [3.8, 4) is 11.5 Å². The Morgan fingerprint density at radius 3 is 2.49 bits per heavy atom. The van der Waals surface area contributed by atoms with E-state index in [1.54, 1.807) is 26.3 Å². The monoisotopic (exact) mass is 551 g/mol. The summed E-state index contributed by atoms with van der Waals surface area (Å²) in [6.07, 6.45) is 4.92. The van der Waals surface area contributed by atoms with Crippen molar-refractivity contribution < 1.29 is 33.3 Å². The summed E-state index contributed by atoms with van der Waals surface area (Å²) < 4.78 is 23.1. The van der Waals surface area contributed by atoms with E-state index in [1.807, 2.05) is 0 Å². The van der Waals surface area contributed by atoms with E-state index in [2.05, 4.69) is 10.2 Å². The lowest BCUT2D eigenvalue weighted by molar-refractivity contribution is -0.177. The molecule has 37 heavy (non-hydrogen) atoms. The van der Waals surface area contributed by atoms with Crippen LogP contribution in [0.2, 0.25) is 5.02 Å². The highest BCUT2D eigenvalue weighted by atomic mass is 35.5.